The van der Waals surface area contributed by atoms with Crippen LogP contribution in [-0.4, -0.2) is 24.8 Å². The number of esters is 1. The summed E-state index contributed by atoms with van der Waals surface area (Å²) in [4.78, 5) is 11.5. The van der Waals surface area contributed by atoms with Gasteiger partial charge in [-0.25, -0.2) is 0 Å². The van der Waals surface area contributed by atoms with Crippen molar-refractivity contribution in [2.75, 3.05) is 13.2 Å². The molecule has 1 fully saturated rings. The molecule has 0 amide bonds. The van der Waals surface area contributed by atoms with E-state index in [1.165, 1.54) is 0 Å². The molecule has 0 aromatic heterocycles. The van der Waals surface area contributed by atoms with E-state index in [-0.39, 0.29) is 11.6 Å². The normalized spacial score (nSPS) is 28.2. The van der Waals surface area contributed by atoms with Crippen LogP contribution in [0.15, 0.2) is 0 Å². The van der Waals surface area contributed by atoms with Crippen LogP contribution in [0.4, 0.5) is 0 Å². The standard InChI is InChI=1S/C15H28O3/c1-13-8-7-9-15(2,3)18-11-6-4-5-10-17-14(16)12-13/h13H,4-12H2,1-3H3. The van der Waals surface area contributed by atoms with Crippen LogP contribution in [0.1, 0.15) is 65.7 Å². The number of cyclic esters (lactones) is 1. The van der Waals surface area contributed by atoms with Crippen molar-refractivity contribution < 1.29 is 14.3 Å². The molecule has 0 spiro atoms. The van der Waals surface area contributed by atoms with Gasteiger partial charge < -0.3 is 9.47 Å². The molecule has 18 heavy (non-hydrogen) atoms. The van der Waals surface area contributed by atoms with Crippen molar-refractivity contribution in [2.24, 2.45) is 5.92 Å². The van der Waals surface area contributed by atoms with E-state index in [0.29, 0.717) is 18.9 Å². The monoisotopic (exact) mass is 256 g/mol. The Morgan fingerprint density at radius 2 is 1.83 bits per heavy atom. The number of hydrogen-bond donors (Lipinski definition) is 0. The second-order valence-corrected chi connectivity index (χ2v) is 6.09. The van der Waals surface area contributed by atoms with Crippen LogP contribution in [0, 0.1) is 5.92 Å². The third-order valence-electron chi connectivity index (χ3n) is 3.54. The zero-order valence-electron chi connectivity index (χ0n) is 12.2. The Hall–Kier alpha value is -0.570. The number of carbonyl (C=O) groups excluding carboxylic acids is 1. The lowest BCUT2D eigenvalue weighted by molar-refractivity contribution is -0.144. The van der Waals surface area contributed by atoms with Crippen LogP contribution in [0.2, 0.25) is 0 Å². The Labute approximate surface area is 111 Å². The molecule has 106 valence electrons. The fourth-order valence-electron chi connectivity index (χ4n) is 2.31. The highest BCUT2D eigenvalue weighted by Gasteiger charge is 2.19. The minimum atomic E-state index is -0.0323. The van der Waals surface area contributed by atoms with Crippen LogP contribution in [0.5, 0.6) is 0 Å². The van der Waals surface area contributed by atoms with E-state index in [1.54, 1.807) is 0 Å². The van der Waals surface area contributed by atoms with Gasteiger partial charge in [-0.1, -0.05) is 19.8 Å². The molecule has 0 bridgehead atoms. The van der Waals surface area contributed by atoms with E-state index in [0.717, 1.165) is 45.1 Å². The molecule has 0 aliphatic carbocycles. The molecule has 3 heteroatoms. The molecule has 0 radical (unpaired) electrons. The number of rotatable bonds is 0. The molecule has 0 saturated carbocycles. The predicted octanol–water partition coefficient (Wildman–Crippen LogP) is 3.71. The van der Waals surface area contributed by atoms with E-state index in [9.17, 15) is 4.79 Å². The molecule has 1 rings (SSSR count). The van der Waals surface area contributed by atoms with Crippen LogP contribution < -0.4 is 0 Å². The minimum Gasteiger partial charge on any atom is -0.466 e. The van der Waals surface area contributed by atoms with E-state index < -0.39 is 0 Å². The molecule has 0 N–H and O–H groups in total. The van der Waals surface area contributed by atoms with Gasteiger partial charge in [0.25, 0.3) is 0 Å². The van der Waals surface area contributed by atoms with Gasteiger partial charge in [0.2, 0.25) is 0 Å². The van der Waals surface area contributed by atoms with Crippen LogP contribution >= 0.6 is 0 Å². The molecule has 1 unspecified atom stereocenters. The largest absolute Gasteiger partial charge is 0.466 e. The van der Waals surface area contributed by atoms with Gasteiger partial charge in [-0.15, -0.1) is 0 Å². The summed E-state index contributed by atoms with van der Waals surface area (Å²) in [6, 6.07) is 0. The zero-order chi connectivity index (χ0) is 13.4. The molecule has 1 aliphatic heterocycles. The number of hydrogen-bond acceptors (Lipinski definition) is 3. The van der Waals surface area contributed by atoms with Gasteiger partial charge in [-0.3, -0.25) is 4.79 Å². The van der Waals surface area contributed by atoms with Gasteiger partial charge in [-0.05, 0) is 45.4 Å². The Bertz CT molecular complexity index is 248. The molecule has 3 nitrogen and oxygen atoms in total. The maximum atomic E-state index is 11.5. The highest BCUT2D eigenvalue weighted by Crippen LogP contribution is 2.22. The second-order valence-electron chi connectivity index (χ2n) is 6.09. The Kier molecular flexibility index (Phi) is 6.69. The topological polar surface area (TPSA) is 35.5 Å². The summed E-state index contributed by atoms with van der Waals surface area (Å²) >= 11 is 0. The van der Waals surface area contributed by atoms with E-state index in [2.05, 4.69) is 20.8 Å². The quantitative estimate of drug-likeness (QED) is 0.620. The first-order chi connectivity index (χ1) is 8.49. The first kappa shape index (κ1) is 15.5. The van der Waals surface area contributed by atoms with Crippen molar-refractivity contribution in [1.29, 1.82) is 0 Å². The lowest BCUT2D eigenvalue weighted by Gasteiger charge is -2.26. The van der Waals surface area contributed by atoms with Gasteiger partial charge in [-0.2, -0.15) is 0 Å². The van der Waals surface area contributed by atoms with E-state index in [4.69, 9.17) is 9.47 Å². The van der Waals surface area contributed by atoms with Crippen LogP contribution in [-0.2, 0) is 14.3 Å². The van der Waals surface area contributed by atoms with Gasteiger partial charge >= 0.3 is 5.97 Å². The van der Waals surface area contributed by atoms with Crippen molar-refractivity contribution >= 4 is 5.97 Å². The van der Waals surface area contributed by atoms with Crippen molar-refractivity contribution in [3.8, 4) is 0 Å². The smallest absolute Gasteiger partial charge is 0.306 e. The van der Waals surface area contributed by atoms with Crippen molar-refractivity contribution in [1.82, 2.24) is 0 Å². The molecule has 0 aromatic carbocycles. The van der Waals surface area contributed by atoms with Crippen molar-refractivity contribution in [3.63, 3.8) is 0 Å². The molecular formula is C15H28O3. The maximum Gasteiger partial charge on any atom is 0.306 e. The summed E-state index contributed by atoms with van der Waals surface area (Å²) in [5, 5.41) is 0. The predicted molar refractivity (Wildman–Crippen MR) is 72.5 cm³/mol. The summed E-state index contributed by atoms with van der Waals surface area (Å²) in [7, 11) is 0. The van der Waals surface area contributed by atoms with Crippen molar-refractivity contribution in [3.05, 3.63) is 0 Å². The highest BCUT2D eigenvalue weighted by molar-refractivity contribution is 5.69. The Morgan fingerprint density at radius 1 is 1.11 bits per heavy atom. The number of carbonyl (C=O) groups is 1. The van der Waals surface area contributed by atoms with Gasteiger partial charge in [0, 0.05) is 13.0 Å². The highest BCUT2D eigenvalue weighted by atomic mass is 16.5. The fraction of sp³-hybridized carbons (Fsp3) is 0.933. The number of ether oxygens (including phenoxy) is 2. The Balaban J connectivity index is 2.41. The molecule has 1 heterocycles. The lowest BCUT2D eigenvalue weighted by atomic mass is 9.95. The van der Waals surface area contributed by atoms with E-state index >= 15 is 0 Å². The Morgan fingerprint density at radius 3 is 2.61 bits per heavy atom. The minimum absolute atomic E-state index is 0.0235. The van der Waals surface area contributed by atoms with Crippen molar-refractivity contribution in [2.45, 2.75) is 71.3 Å². The average molecular weight is 256 g/mol. The first-order valence-corrected chi connectivity index (χ1v) is 7.29. The third kappa shape index (κ3) is 7.00. The summed E-state index contributed by atoms with van der Waals surface area (Å²) in [5.41, 5.74) is -0.0235. The molecular weight excluding hydrogens is 228 g/mol. The summed E-state index contributed by atoms with van der Waals surface area (Å²) in [6.07, 6.45) is 6.87. The van der Waals surface area contributed by atoms with Gasteiger partial charge in [0.15, 0.2) is 0 Å². The average Bonchev–Trinajstić information content (AvgIpc) is 2.26. The summed E-state index contributed by atoms with van der Waals surface area (Å²) in [5.74, 6) is 0.381. The molecule has 1 aliphatic rings. The zero-order valence-corrected chi connectivity index (χ0v) is 12.2. The van der Waals surface area contributed by atoms with Crippen LogP contribution in [0.25, 0.3) is 0 Å². The maximum absolute atomic E-state index is 11.5. The summed E-state index contributed by atoms with van der Waals surface area (Å²) < 4.78 is 11.1. The third-order valence-corrected chi connectivity index (χ3v) is 3.54. The fourth-order valence-corrected chi connectivity index (χ4v) is 2.31. The summed E-state index contributed by atoms with van der Waals surface area (Å²) in [6.45, 7) is 7.84. The van der Waals surface area contributed by atoms with E-state index in [1.807, 2.05) is 0 Å². The van der Waals surface area contributed by atoms with Crippen LogP contribution in [0.3, 0.4) is 0 Å². The first-order valence-electron chi connectivity index (χ1n) is 7.29. The van der Waals surface area contributed by atoms with Gasteiger partial charge in [0.05, 0.1) is 12.2 Å². The lowest BCUT2D eigenvalue weighted by Crippen LogP contribution is -2.25. The van der Waals surface area contributed by atoms with Gasteiger partial charge in [0.1, 0.15) is 0 Å². The molecule has 0 aromatic rings. The molecule has 1 atom stereocenters. The SMILES string of the molecule is CC1CCCC(C)(C)OCCCCCOC(=O)C1. The molecule has 1 saturated heterocycles. The second kappa shape index (κ2) is 7.78.